The smallest absolute Gasteiger partial charge is 0.233 e. The van der Waals surface area contributed by atoms with Crippen LogP contribution in [0.5, 0.6) is 0 Å². The van der Waals surface area contributed by atoms with E-state index in [9.17, 15) is 4.79 Å². The monoisotopic (exact) mass is 387 g/mol. The Morgan fingerprint density at radius 2 is 1.96 bits per heavy atom. The van der Waals surface area contributed by atoms with Crippen LogP contribution in [0.25, 0.3) is 11.6 Å². The van der Waals surface area contributed by atoms with E-state index in [0.29, 0.717) is 16.7 Å². The number of nitrogens with zero attached hydrogens (tertiary/aromatic N) is 3. The summed E-state index contributed by atoms with van der Waals surface area (Å²) >= 11 is 1.34. The summed E-state index contributed by atoms with van der Waals surface area (Å²) in [5.41, 5.74) is 0.0242. The lowest BCUT2D eigenvalue weighted by Gasteiger charge is -2.57. The van der Waals surface area contributed by atoms with E-state index in [1.54, 1.807) is 18.4 Å². The zero-order chi connectivity index (χ0) is 18.6. The summed E-state index contributed by atoms with van der Waals surface area (Å²) in [6, 6.07) is 3.56. The molecular weight excluding hydrogens is 362 g/mol. The van der Waals surface area contributed by atoms with Crippen LogP contribution in [0.4, 0.5) is 0 Å². The number of furan rings is 1. The van der Waals surface area contributed by atoms with Gasteiger partial charge in [0.2, 0.25) is 16.9 Å². The topological polar surface area (TPSA) is 99.0 Å². The standard InChI is InChI=1S/C19H25N5O2S/c1-11(27-18-23-22-16(24(18)20)15-3-2-4-26-15)17(25)21-19-8-12-5-13(9-19)7-14(6-12)10-19/h2-4,11-14H,5-10,20H2,1H3,(H,21,25)/t11-,12?,13?,14?,19?/m1/s1. The maximum Gasteiger partial charge on any atom is 0.233 e. The van der Waals surface area contributed by atoms with Gasteiger partial charge in [0.15, 0.2) is 5.76 Å². The number of rotatable bonds is 5. The fraction of sp³-hybridized carbons (Fsp3) is 0.632. The highest BCUT2D eigenvalue weighted by atomic mass is 32.2. The van der Waals surface area contributed by atoms with Gasteiger partial charge in [-0.05, 0) is 75.3 Å². The van der Waals surface area contributed by atoms with E-state index in [-0.39, 0.29) is 16.7 Å². The maximum absolute atomic E-state index is 12.9. The van der Waals surface area contributed by atoms with Crippen LogP contribution in [-0.2, 0) is 4.79 Å². The molecule has 2 aromatic heterocycles. The Bertz CT molecular complexity index is 811. The van der Waals surface area contributed by atoms with Crippen molar-refractivity contribution in [3.8, 4) is 11.6 Å². The third-order valence-electron chi connectivity index (χ3n) is 6.48. The lowest BCUT2D eigenvalue weighted by atomic mass is 9.53. The predicted molar refractivity (Wildman–Crippen MR) is 102 cm³/mol. The van der Waals surface area contributed by atoms with E-state index in [4.69, 9.17) is 10.3 Å². The number of hydrogen-bond donors (Lipinski definition) is 2. The summed E-state index contributed by atoms with van der Waals surface area (Å²) in [7, 11) is 0. The molecule has 7 nitrogen and oxygen atoms in total. The highest BCUT2D eigenvalue weighted by molar-refractivity contribution is 8.00. The number of nitrogen functional groups attached to an aromatic ring is 1. The molecule has 1 atom stereocenters. The Balaban J connectivity index is 1.27. The first kappa shape index (κ1) is 17.2. The Labute approximate surface area is 162 Å². The number of amides is 1. The minimum Gasteiger partial charge on any atom is -0.461 e. The van der Waals surface area contributed by atoms with Gasteiger partial charge in [0.25, 0.3) is 0 Å². The summed E-state index contributed by atoms with van der Waals surface area (Å²) in [5.74, 6) is 9.62. The maximum atomic E-state index is 12.9. The Kier molecular flexibility index (Phi) is 4.00. The molecule has 4 bridgehead atoms. The second-order valence-electron chi connectivity index (χ2n) is 8.60. The zero-order valence-electron chi connectivity index (χ0n) is 15.4. The number of nitrogens with two attached hydrogens (primary N) is 1. The van der Waals surface area contributed by atoms with Gasteiger partial charge in [-0.15, -0.1) is 10.2 Å². The van der Waals surface area contributed by atoms with Gasteiger partial charge in [-0.2, -0.15) is 0 Å². The third kappa shape index (κ3) is 3.03. The molecule has 0 saturated heterocycles. The van der Waals surface area contributed by atoms with Gasteiger partial charge >= 0.3 is 0 Å². The molecule has 4 fully saturated rings. The molecule has 4 aliphatic carbocycles. The van der Waals surface area contributed by atoms with E-state index < -0.39 is 0 Å². The number of aromatic nitrogens is 3. The van der Waals surface area contributed by atoms with Crippen LogP contribution in [0, 0.1) is 17.8 Å². The Morgan fingerprint density at radius 1 is 1.30 bits per heavy atom. The van der Waals surface area contributed by atoms with Crippen LogP contribution < -0.4 is 11.2 Å². The Morgan fingerprint density at radius 3 is 2.56 bits per heavy atom. The SMILES string of the molecule is C[C@@H](Sc1nnc(-c2ccco2)n1N)C(=O)NC12CC3CC(CC(C3)C1)C2. The molecule has 4 aliphatic rings. The fourth-order valence-electron chi connectivity index (χ4n) is 5.77. The summed E-state index contributed by atoms with van der Waals surface area (Å²) in [5, 5.41) is 11.9. The summed E-state index contributed by atoms with van der Waals surface area (Å²) in [6.07, 6.45) is 9.12. The molecule has 8 heteroatoms. The summed E-state index contributed by atoms with van der Waals surface area (Å²) in [6.45, 7) is 1.90. The lowest BCUT2D eigenvalue weighted by molar-refractivity contribution is -0.126. The van der Waals surface area contributed by atoms with Crippen molar-refractivity contribution in [2.45, 2.75) is 61.4 Å². The number of nitrogens with one attached hydrogen (secondary N) is 1. The second kappa shape index (κ2) is 6.29. The van der Waals surface area contributed by atoms with E-state index in [2.05, 4.69) is 15.5 Å². The minimum absolute atomic E-state index is 0.0242. The van der Waals surface area contributed by atoms with Crippen molar-refractivity contribution >= 4 is 17.7 Å². The molecule has 0 radical (unpaired) electrons. The van der Waals surface area contributed by atoms with Gasteiger partial charge in [-0.1, -0.05) is 11.8 Å². The highest BCUT2D eigenvalue weighted by Crippen LogP contribution is 2.55. The van der Waals surface area contributed by atoms with Gasteiger partial charge in [-0.25, -0.2) is 4.68 Å². The highest BCUT2D eigenvalue weighted by Gasteiger charge is 2.51. The van der Waals surface area contributed by atoms with E-state index in [1.807, 2.05) is 6.92 Å². The van der Waals surface area contributed by atoms with Crippen LogP contribution in [0.3, 0.4) is 0 Å². The first-order valence-electron chi connectivity index (χ1n) is 9.74. The molecule has 0 unspecified atom stereocenters. The number of carbonyl (C=O) groups is 1. The molecule has 4 saturated carbocycles. The van der Waals surface area contributed by atoms with Gasteiger partial charge in [-0.3, -0.25) is 4.79 Å². The largest absolute Gasteiger partial charge is 0.461 e. The first-order chi connectivity index (χ1) is 13.0. The van der Waals surface area contributed by atoms with Crippen molar-refractivity contribution in [2.24, 2.45) is 17.8 Å². The second-order valence-corrected chi connectivity index (χ2v) is 9.91. The zero-order valence-corrected chi connectivity index (χ0v) is 16.2. The van der Waals surface area contributed by atoms with Crippen molar-refractivity contribution in [3.05, 3.63) is 18.4 Å². The molecule has 3 N–H and O–H groups in total. The van der Waals surface area contributed by atoms with Crippen LogP contribution in [0.15, 0.2) is 28.0 Å². The Hall–Kier alpha value is -1.96. The van der Waals surface area contributed by atoms with Gasteiger partial charge in [0.05, 0.1) is 11.5 Å². The van der Waals surface area contributed by atoms with Crippen LogP contribution in [0.2, 0.25) is 0 Å². The van der Waals surface area contributed by atoms with Crippen molar-refractivity contribution < 1.29 is 9.21 Å². The normalized spacial score (nSPS) is 32.6. The molecule has 0 aliphatic heterocycles. The first-order valence-corrected chi connectivity index (χ1v) is 10.6. The lowest BCUT2D eigenvalue weighted by Crippen LogP contribution is -2.60. The van der Waals surface area contributed by atoms with Gasteiger partial charge < -0.3 is 15.6 Å². The van der Waals surface area contributed by atoms with Crippen LogP contribution >= 0.6 is 11.8 Å². The van der Waals surface area contributed by atoms with Crippen molar-refractivity contribution in [2.75, 3.05) is 5.84 Å². The number of carbonyl (C=O) groups excluding carboxylic acids is 1. The molecule has 144 valence electrons. The fourth-order valence-corrected chi connectivity index (χ4v) is 6.54. The average molecular weight is 388 g/mol. The molecule has 27 heavy (non-hydrogen) atoms. The average Bonchev–Trinajstić information content (AvgIpc) is 3.24. The molecule has 2 heterocycles. The summed E-state index contributed by atoms with van der Waals surface area (Å²) in [4.78, 5) is 12.9. The van der Waals surface area contributed by atoms with Gasteiger partial charge in [0, 0.05) is 5.54 Å². The molecular formula is C19H25N5O2S. The van der Waals surface area contributed by atoms with E-state index in [0.717, 1.165) is 37.0 Å². The minimum atomic E-state index is -0.283. The molecule has 0 aromatic carbocycles. The van der Waals surface area contributed by atoms with E-state index in [1.165, 1.54) is 35.7 Å². The number of thioether (sulfide) groups is 1. The van der Waals surface area contributed by atoms with Crippen LogP contribution in [0.1, 0.15) is 45.4 Å². The van der Waals surface area contributed by atoms with E-state index >= 15 is 0 Å². The third-order valence-corrected chi connectivity index (χ3v) is 7.54. The van der Waals surface area contributed by atoms with Crippen molar-refractivity contribution in [1.29, 1.82) is 0 Å². The number of hydrogen-bond acceptors (Lipinski definition) is 6. The molecule has 1 amide bonds. The van der Waals surface area contributed by atoms with Crippen LogP contribution in [-0.4, -0.2) is 31.6 Å². The van der Waals surface area contributed by atoms with Crippen molar-refractivity contribution in [3.63, 3.8) is 0 Å². The predicted octanol–water partition coefficient (Wildman–Crippen LogP) is 2.82. The quantitative estimate of drug-likeness (QED) is 0.605. The van der Waals surface area contributed by atoms with Gasteiger partial charge in [0.1, 0.15) is 0 Å². The molecule has 6 rings (SSSR count). The molecule has 0 spiro atoms. The summed E-state index contributed by atoms with van der Waals surface area (Å²) < 4.78 is 6.72. The van der Waals surface area contributed by atoms with Crippen molar-refractivity contribution in [1.82, 2.24) is 20.2 Å². The molecule has 2 aromatic rings.